The molecule has 3 N–H and O–H groups in total. The fraction of sp³-hybridized carbons (Fsp3) is 0.341. The van der Waals surface area contributed by atoms with Crippen LogP contribution in [0.1, 0.15) is 54.4 Å². The zero-order valence-corrected chi connectivity index (χ0v) is 31.5. The molecule has 0 aromatic heterocycles. The highest BCUT2D eigenvalue weighted by Gasteiger charge is 2.44. The predicted molar refractivity (Wildman–Crippen MR) is 204 cm³/mol. The minimum absolute atomic E-state index is 0.00666. The largest absolute Gasteiger partial charge is 0.471 e. The number of carbonyl (C=O) groups excluding carboxylic acids is 3. The molecule has 2 aliphatic heterocycles. The molecule has 56 heavy (non-hydrogen) atoms. The molecule has 3 aliphatic rings. The Labute approximate surface area is 329 Å². The first-order chi connectivity index (χ1) is 26.5. The van der Waals surface area contributed by atoms with Gasteiger partial charge in [0.1, 0.15) is 0 Å². The van der Waals surface area contributed by atoms with Crippen molar-refractivity contribution in [3.05, 3.63) is 105 Å². The Kier molecular flexibility index (Phi) is 12.2. The summed E-state index contributed by atoms with van der Waals surface area (Å²) in [5.41, 5.74) is 12.9. The fourth-order valence-corrected chi connectivity index (χ4v) is 8.13. The van der Waals surface area contributed by atoms with E-state index in [1.807, 2.05) is 30.3 Å². The molecule has 0 unspecified atom stereocenters. The van der Waals surface area contributed by atoms with Crippen molar-refractivity contribution in [2.75, 3.05) is 24.1 Å². The van der Waals surface area contributed by atoms with E-state index < -0.39 is 24.2 Å². The van der Waals surface area contributed by atoms with Gasteiger partial charge in [-0.15, -0.1) is 0 Å². The van der Waals surface area contributed by atoms with E-state index in [0.29, 0.717) is 39.0 Å². The third-order valence-corrected chi connectivity index (χ3v) is 11.0. The highest BCUT2D eigenvalue weighted by molar-refractivity contribution is 6.33. The number of alkyl halides is 6. The number of carbonyl (C=O) groups is 3. The van der Waals surface area contributed by atoms with E-state index in [4.69, 9.17) is 28.9 Å². The minimum atomic E-state index is -4.92. The zero-order valence-electron chi connectivity index (χ0n) is 30.0. The Morgan fingerprint density at radius 1 is 0.643 bits per heavy atom. The number of hydrogen-bond donors (Lipinski definition) is 2. The van der Waals surface area contributed by atoms with Crippen LogP contribution in [0.15, 0.2) is 72.8 Å². The molecule has 0 saturated heterocycles. The average Bonchev–Trinajstić information content (AvgIpc) is 3.16. The number of nitrogen functional groups attached to an aromatic ring is 1. The normalized spacial score (nSPS) is 15.9. The summed E-state index contributed by atoms with van der Waals surface area (Å²) < 4.78 is 77.0. The number of nitrogens with zero attached hydrogens (tertiary/aromatic N) is 2. The van der Waals surface area contributed by atoms with E-state index in [-0.39, 0.29) is 44.4 Å². The SMILES string of the molecule is Nc1cc2c(c(-c3ccccc3Cl)c1)CCN(C(=O)C(F)(F)F)C2.O=C(Nc1cc2c(c(-c3ccccc3Cl)c1)CCN(C(=O)C(F)(F)F)C2)C1CCCCC1. The molecule has 0 atom stereocenters. The van der Waals surface area contributed by atoms with Crippen molar-refractivity contribution in [2.24, 2.45) is 5.92 Å². The second-order valence-electron chi connectivity index (χ2n) is 14.1. The maximum absolute atomic E-state index is 13.0. The third kappa shape index (κ3) is 9.26. The van der Waals surface area contributed by atoms with Crippen molar-refractivity contribution in [2.45, 2.75) is 70.4 Å². The topological polar surface area (TPSA) is 95.7 Å². The van der Waals surface area contributed by atoms with E-state index in [9.17, 15) is 40.7 Å². The molecule has 0 spiro atoms. The lowest BCUT2D eigenvalue weighted by Gasteiger charge is -2.31. The average molecular weight is 820 g/mol. The van der Waals surface area contributed by atoms with Gasteiger partial charge in [0.2, 0.25) is 5.91 Å². The van der Waals surface area contributed by atoms with Crippen LogP contribution in [0.3, 0.4) is 0 Å². The number of hydrogen-bond acceptors (Lipinski definition) is 4. The summed E-state index contributed by atoms with van der Waals surface area (Å²) in [5.74, 6) is -3.81. The molecule has 4 aromatic rings. The Morgan fingerprint density at radius 3 is 1.59 bits per heavy atom. The predicted octanol–water partition coefficient (Wildman–Crippen LogP) is 10.0. The standard InChI is InChI=1S/C24H24ClF3N2O2.C17H14ClF3N2O/c25-21-9-5-4-8-19(21)20-13-17(29-22(31)15-6-2-1-3-7-15)12-16-14-30(11-10-18(16)20)23(32)24(26,27)28;18-15-4-2-1-3-13(15)14-8-11(22)7-10-9-23(6-5-12(10)14)16(24)17(19,20)21/h4-5,8-9,12-13,15H,1-3,6-7,10-11,14H2,(H,29,31);1-4,7-8H,5-6,9,22H2. The van der Waals surface area contributed by atoms with Crippen molar-refractivity contribution in [1.29, 1.82) is 0 Å². The summed E-state index contributed by atoms with van der Waals surface area (Å²) in [7, 11) is 0. The Balaban J connectivity index is 0.000000198. The number of fused-ring (bicyclic) bond motifs is 2. The van der Waals surface area contributed by atoms with Gasteiger partial charge in [0.15, 0.2) is 0 Å². The highest BCUT2D eigenvalue weighted by Crippen LogP contribution is 2.39. The van der Waals surface area contributed by atoms with Gasteiger partial charge in [-0.25, -0.2) is 0 Å². The van der Waals surface area contributed by atoms with Crippen LogP contribution >= 0.6 is 23.2 Å². The number of nitrogens with one attached hydrogen (secondary N) is 1. The van der Waals surface area contributed by atoms with Crippen molar-refractivity contribution in [3.8, 4) is 22.3 Å². The first kappa shape index (κ1) is 40.9. The maximum atomic E-state index is 13.0. The van der Waals surface area contributed by atoms with Crippen molar-refractivity contribution >= 4 is 52.3 Å². The molecule has 296 valence electrons. The van der Waals surface area contributed by atoms with E-state index in [2.05, 4.69) is 5.32 Å². The van der Waals surface area contributed by atoms with Gasteiger partial charge >= 0.3 is 24.2 Å². The molecule has 4 aromatic carbocycles. The number of benzene rings is 4. The molecule has 0 bridgehead atoms. The lowest BCUT2D eigenvalue weighted by atomic mass is 9.88. The van der Waals surface area contributed by atoms with E-state index in [1.54, 1.807) is 42.5 Å². The Morgan fingerprint density at radius 2 is 1.11 bits per heavy atom. The van der Waals surface area contributed by atoms with Gasteiger partial charge in [0.05, 0.1) is 0 Å². The number of halogens is 8. The number of amides is 3. The molecule has 3 amide bonds. The zero-order chi connectivity index (χ0) is 40.4. The molecule has 1 saturated carbocycles. The molecular formula is C41H38Cl2F6N4O3. The molecule has 0 radical (unpaired) electrons. The first-order valence-corrected chi connectivity index (χ1v) is 18.9. The summed E-state index contributed by atoms with van der Waals surface area (Å²) in [5, 5.41) is 4.01. The van der Waals surface area contributed by atoms with Crippen LogP contribution in [0.25, 0.3) is 22.3 Å². The number of nitrogens with two attached hydrogens (primary N) is 1. The molecule has 1 aliphatic carbocycles. The molecule has 2 heterocycles. The lowest BCUT2D eigenvalue weighted by molar-refractivity contribution is -0.186. The van der Waals surface area contributed by atoms with Gasteiger partial charge in [0.25, 0.3) is 0 Å². The van der Waals surface area contributed by atoms with E-state index in [1.165, 1.54) is 0 Å². The first-order valence-electron chi connectivity index (χ1n) is 18.1. The number of rotatable bonds is 4. The van der Waals surface area contributed by atoms with Crippen molar-refractivity contribution < 1.29 is 40.7 Å². The monoisotopic (exact) mass is 818 g/mol. The molecule has 1 fully saturated rings. The van der Waals surface area contributed by atoms with E-state index >= 15 is 0 Å². The lowest BCUT2D eigenvalue weighted by Crippen LogP contribution is -2.43. The summed E-state index contributed by atoms with van der Waals surface area (Å²) in [6.07, 6.45) is -4.37. The number of anilines is 2. The maximum Gasteiger partial charge on any atom is 0.471 e. The van der Waals surface area contributed by atoms with Gasteiger partial charge in [0, 0.05) is 64.6 Å². The molecular weight excluding hydrogens is 781 g/mol. The fourth-order valence-electron chi connectivity index (χ4n) is 7.65. The quantitative estimate of drug-likeness (QED) is 0.158. The summed E-state index contributed by atoms with van der Waals surface area (Å²) in [6.45, 7) is -0.308. The second-order valence-corrected chi connectivity index (χ2v) is 14.9. The van der Waals surface area contributed by atoms with Crippen LogP contribution in [-0.4, -0.2) is 53.0 Å². The summed E-state index contributed by atoms with van der Waals surface area (Å²) >= 11 is 12.7. The second kappa shape index (κ2) is 16.8. The molecule has 7 rings (SSSR count). The van der Waals surface area contributed by atoms with Crippen LogP contribution in [0, 0.1) is 5.92 Å². The van der Waals surface area contributed by atoms with Crippen molar-refractivity contribution in [3.63, 3.8) is 0 Å². The summed E-state index contributed by atoms with van der Waals surface area (Å²) in [4.78, 5) is 37.7. The van der Waals surface area contributed by atoms with Gasteiger partial charge in [-0.2, -0.15) is 26.3 Å². The van der Waals surface area contributed by atoms with E-state index in [0.717, 1.165) is 75.3 Å². The van der Waals surface area contributed by atoms with Crippen molar-refractivity contribution in [1.82, 2.24) is 9.80 Å². The summed E-state index contributed by atoms with van der Waals surface area (Å²) in [6, 6.07) is 21.4. The smallest absolute Gasteiger partial charge is 0.399 e. The van der Waals surface area contributed by atoms with Gasteiger partial charge in [-0.3, -0.25) is 14.4 Å². The van der Waals surface area contributed by atoms with Crippen LogP contribution in [0.4, 0.5) is 37.7 Å². The van der Waals surface area contributed by atoms with Crippen LogP contribution in [-0.2, 0) is 40.3 Å². The van der Waals surface area contributed by atoms with Crippen LogP contribution in [0.2, 0.25) is 10.0 Å². The minimum Gasteiger partial charge on any atom is -0.399 e. The molecule has 15 heteroatoms. The van der Waals surface area contributed by atoms with Gasteiger partial charge < -0.3 is 20.9 Å². The van der Waals surface area contributed by atoms with Crippen LogP contribution < -0.4 is 11.1 Å². The van der Waals surface area contributed by atoms with Crippen LogP contribution in [0.5, 0.6) is 0 Å². The highest BCUT2D eigenvalue weighted by atomic mass is 35.5. The van der Waals surface area contributed by atoms with Gasteiger partial charge in [-0.1, -0.05) is 78.9 Å². The third-order valence-electron chi connectivity index (χ3n) is 10.3. The Bertz CT molecular complexity index is 2140. The van der Waals surface area contributed by atoms with Gasteiger partial charge in [-0.05, 0) is 95.5 Å². The molecule has 7 nitrogen and oxygen atoms in total. The Hall–Kier alpha value is -4.75.